The van der Waals surface area contributed by atoms with Gasteiger partial charge in [0.25, 0.3) is 0 Å². The molecule has 6 nitrogen and oxygen atoms in total. The highest BCUT2D eigenvalue weighted by atomic mass is 16.5. The van der Waals surface area contributed by atoms with E-state index in [4.69, 9.17) is 10.5 Å². The van der Waals surface area contributed by atoms with Crippen LogP contribution in [-0.4, -0.2) is 56.1 Å². The van der Waals surface area contributed by atoms with Crippen LogP contribution in [0.3, 0.4) is 0 Å². The number of methoxy groups -OCH3 is 1. The number of ether oxygens (including phenoxy) is 1. The van der Waals surface area contributed by atoms with Crippen LogP contribution in [0.5, 0.6) is 5.75 Å². The molecule has 0 amide bonds. The highest BCUT2D eigenvalue weighted by molar-refractivity contribution is 5.92. The van der Waals surface area contributed by atoms with Gasteiger partial charge in [0, 0.05) is 38.4 Å². The van der Waals surface area contributed by atoms with Crippen LogP contribution in [-0.2, 0) is 13.1 Å². The van der Waals surface area contributed by atoms with Crippen molar-refractivity contribution in [1.29, 1.82) is 0 Å². The summed E-state index contributed by atoms with van der Waals surface area (Å²) in [6, 6.07) is 16.2. The van der Waals surface area contributed by atoms with Crippen LogP contribution in [0.2, 0.25) is 0 Å². The number of likely N-dealkylation sites (N-methyl/N-ethyl adjacent to an activating group) is 1. The molecule has 2 aromatic carbocycles. The Hall–Kier alpha value is -2.57. The average Bonchev–Trinajstić information content (AvgIpc) is 2.70. The summed E-state index contributed by atoms with van der Waals surface area (Å²) in [5.41, 5.74) is 9.37. The average molecular weight is 367 g/mol. The van der Waals surface area contributed by atoms with Crippen LogP contribution >= 0.6 is 0 Å². The lowest BCUT2D eigenvalue weighted by Crippen LogP contribution is -2.43. The lowest BCUT2D eigenvalue weighted by molar-refractivity contribution is 0.148. The molecule has 1 aliphatic heterocycles. The maximum atomic E-state index is 5.99. The minimum absolute atomic E-state index is 0.404. The van der Waals surface area contributed by atoms with Gasteiger partial charge in [-0.25, -0.2) is 4.99 Å². The number of aliphatic imine (C=N–C) groups is 1. The monoisotopic (exact) mass is 367 g/mol. The Bertz CT molecular complexity index is 734. The quantitative estimate of drug-likeness (QED) is 0.606. The molecule has 144 valence electrons. The van der Waals surface area contributed by atoms with E-state index in [1.807, 2.05) is 24.3 Å². The molecule has 1 heterocycles. The Morgan fingerprint density at radius 2 is 1.63 bits per heavy atom. The number of anilines is 1. The number of guanidine groups is 1. The summed E-state index contributed by atoms with van der Waals surface area (Å²) in [6.07, 6.45) is 0. The molecule has 0 radical (unpaired) electrons. The Morgan fingerprint density at radius 3 is 2.26 bits per heavy atom. The third-order valence-electron chi connectivity index (χ3n) is 4.82. The first kappa shape index (κ1) is 19.2. The normalized spacial score (nSPS) is 16.3. The first-order chi connectivity index (χ1) is 13.1. The molecule has 1 aliphatic rings. The molecule has 0 spiro atoms. The molecule has 0 bridgehead atoms. The fourth-order valence-corrected chi connectivity index (χ4v) is 3.05. The van der Waals surface area contributed by atoms with Gasteiger partial charge in [-0.15, -0.1) is 0 Å². The third-order valence-corrected chi connectivity index (χ3v) is 4.82. The van der Waals surface area contributed by atoms with Crippen LogP contribution in [0, 0.1) is 0 Å². The zero-order chi connectivity index (χ0) is 19.1. The zero-order valence-corrected chi connectivity index (χ0v) is 16.2. The maximum absolute atomic E-state index is 5.99. The van der Waals surface area contributed by atoms with Crippen molar-refractivity contribution in [3.63, 3.8) is 0 Å². The summed E-state index contributed by atoms with van der Waals surface area (Å²) in [5, 5.41) is 3.09. The fourth-order valence-electron chi connectivity index (χ4n) is 3.05. The molecule has 27 heavy (non-hydrogen) atoms. The predicted octanol–water partition coefficient (Wildman–Crippen LogP) is 2.37. The molecule has 1 saturated heterocycles. The number of nitrogens with zero attached hydrogens (tertiary/aromatic N) is 3. The number of nitrogens with two attached hydrogens (primary N) is 1. The molecular formula is C21H29N5O. The Kier molecular flexibility index (Phi) is 6.68. The van der Waals surface area contributed by atoms with E-state index in [1.165, 1.54) is 5.56 Å². The molecule has 1 fully saturated rings. The van der Waals surface area contributed by atoms with E-state index < -0.39 is 0 Å². The molecule has 0 saturated carbocycles. The molecule has 2 aromatic rings. The van der Waals surface area contributed by atoms with E-state index in [0.717, 1.165) is 49.7 Å². The third kappa shape index (κ3) is 5.98. The number of benzene rings is 2. The predicted molar refractivity (Wildman–Crippen MR) is 111 cm³/mol. The largest absolute Gasteiger partial charge is 0.497 e. The van der Waals surface area contributed by atoms with Gasteiger partial charge < -0.3 is 20.7 Å². The van der Waals surface area contributed by atoms with Crippen molar-refractivity contribution in [2.45, 2.75) is 13.1 Å². The van der Waals surface area contributed by atoms with Crippen molar-refractivity contribution in [2.24, 2.45) is 10.7 Å². The van der Waals surface area contributed by atoms with Gasteiger partial charge in [0.05, 0.1) is 13.7 Å². The number of nitrogens with one attached hydrogen (secondary N) is 1. The molecule has 6 heteroatoms. The van der Waals surface area contributed by atoms with E-state index in [1.54, 1.807) is 7.11 Å². The smallest absolute Gasteiger partial charge is 0.193 e. The zero-order valence-electron chi connectivity index (χ0n) is 16.2. The minimum Gasteiger partial charge on any atom is -0.497 e. The summed E-state index contributed by atoms with van der Waals surface area (Å²) in [5.74, 6) is 1.22. The van der Waals surface area contributed by atoms with Crippen molar-refractivity contribution in [3.8, 4) is 5.75 Å². The highest BCUT2D eigenvalue weighted by Gasteiger charge is 2.13. The molecule has 3 rings (SSSR count). The van der Waals surface area contributed by atoms with E-state index in [-0.39, 0.29) is 0 Å². The van der Waals surface area contributed by atoms with Crippen LogP contribution in [0.1, 0.15) is 11.1 Å². The Morgan fingerprint density at radius 1 is 1.00 bits per heavy atom. The topological polar surface area (TPSA) is 66.1 Å². The van der Waals surface area contributed by atoms with Crippen molar-refractivity contribution >= 4 is 11.6 Å². The molecular weight excluding hydrogens is 338 g/mol. The van der Waals surface area contributed by atoms with Gasteiger partial charge >= 0.3 is 0 Å². The Labute approximate surface area is 161 Å². The fraction of sp³-hybridized carbons (Fsp3) is 0.381. The minimum atomic E-state index is 0.404. The van der Waals surface area contributed by atoms with Gasteiger partial charge in [-0.3, -0.25) is 4.90 Å². The second kappa shape index (κ2) is 9.39. The van der Waals surface area contributed by atoms with Gasteiger partial charge in [-0.05, 0) is 42.4 Å². The summed E-state index contributed by atoms with van der Waals surface area (Å²) in [6.45, 7) is 6.13. The van der Waals surface area contributed by atoms with Crippen LogP contribution in [0.15, 0.2) is 53.5 Å². The summed E-state index contributed by atoms with van der Waals surface area (Å²) >= 11 is 0. The van der Waals surface area contributed by atoms with Crippen molar-refractivity contribution in [2.75, 3.05) is 45.7 Å². The van der Waals surface area contributed by atoms with Gasteiger partial charge in [0.2, 0.25) is 0 Å². The van der Waals surface area contributed by atoms with E-state index in [9.17, 15) is 0 Å². The van der Waals surface area contributed by atoms with E-state index >= 15 is 0 Å². The summed E-state index contributed by atoms with van der Waals surface area (Å²) < 4.78 is 5.15. The van der Waals surface area contributed by atoms with Crippen LogP contribution in [0.25, 0.3) is 0 Å². The van der Waals surface area contributed by atoms with Gasteiger partial charge in [-0.1, -0.05) is 24.3 Å². The number of rotatable bonds is 6. The molecule has 3 N–H and O–H groups in total. The SMILES string of the molecule is COc1ccc(NC(N)=NCc2ccc(CN3CCN(C)CC3)cc2)cc1. The van der Waals surface area contributed by atoms with Crippen molar-refractivity contribution in [3.05, 3.63) is 59.7 Å². The first-order valence-corrected chi connectivity index (χ1v) is 9.32. The summed E-state index contributed by atoms with van der Waals surface area (Å²) in [7, 11) is 3.83. The van der Waals surface area contributed by atoms with Crippen molar-refractivity contribution in [1.82, 2.24) is 9.80 Å². The second-order valence-electron chi connectivity index (χ2n) is 6.95. The van der Waals surface area contributed by atoms with Gasteiger partial charge in [-0.2, -0.15) is 0 Å². The standard InChI is InChI=1S/C21H29N5O/c1-25-11-13-26(14-12-25)16-18-5-3-17(4-6-18)15-23-21(22)24-19-7-9-20(27-2)10-8-19/h3-10H,11-16H2,1-2H3,(H3,22,23,24). The number of hydrogen-bond acceptors (Lipinski definition) is 4. The number of piperazine rings is 1. The van der Waals surface area contributed by atoms with E-state index in [0.29, 0.717) is 12.5 Å². The second-order valence-corrected chi connectivity index (χ2v) is 6.95. The van der Waals surface area contributed by atoms with Crippen LogP contribution in [0.4, 0.5) is 5.69 Å². The number of hydrogen-bond donors (Lipinski definition) is 2. The van der Waals surface area contributed by atoms with E-state index in [2.05, 4.69) is 51.4 Å². The maximum Gasteiger partial charge on any atom is 0.193 e. The van der Waals surface area contributed by atoms with Gasteiger partial charge in [0.1, 0.15) is 5.75 Å². The van der Waals surface area contributed by atoms with Crippen molar-refractivity contribution < 1.29 is 4.74 Å². The molecule has 0 aliphatic carbocycles. The first-order valence-electron chi connectivity index (χ1n) is 9.32. The molecule has 0 aromatic heterocycles. The summed E-state index contributed by atoms with van der Waals surface area (Å²) in [4.78, 5) is 9.30. The lowest BCUT2D eigenvalue weighted by atomic mass is 10.1. The molecule has 0 atom stereocenters. The highest BCUT2D eigenvalue weighted by Crippen LogP contribution is 2.15. The molecule has 0 unspecified atom stereocenters. The lowest BCUT2D eigenvalue weighted by Gasteiger charge is -2.32. The van der Waals surface area contributed by atoms with Gasteiger partial charge in [0.15, 0.2) is 5.96 Å². The Balaban J connectivity index is 1.49. The van der Waals surface area contributed by atoms with Crippen LogP contribution < -0.4 is 15.8 Å².